The molecule has 1 heterocycles. The van der Waals surface area contributed by atoms with Gasteiger partial charge in [-0.05, 0) is 49.2 Å². The number of aryl methyl sites for hydroxylation is 2. The van der Waals surface area contributed by atoms with E-state index in [4.69, 9.17) is 21.1 Å². The number of methoxy groups -OCH3 is 1. The van der Waals surface area contributed by atoms with E-state index in [2.05, 4.69) is 5.32 Å². The maximum Gasteiger partial charge on any atom is 0.350 e. The second-order valence-corrected chi connectivity index (χ2v) is 7.87. The van der Waals surface area contributed by atoms with Crippen LogP contribution in [0.25, 0.3) is 10.1 Å². The Labute approximate surface area is 180 Å². The van der Waals surface area contributed by atoms with Crippen LogP contribution in [0.4, 0.5) is 11.4 Å². The number of ether oxygens (including phenoxy) is 2. The van der Waals surface area contributed by atoms with Gasteiger partial charge in [-0.15, -0.1) is 11.3 Å². The van der Waals surface area contributed by atoms with Gasteiger partial charge < -0.3 is 14.8 Å². The number of rotatable bonds is 6. The second kappa shape index (κ2) is 8.68. The number of carbonyl (C=O) groups excluding carboxylic acids is 2. The number of anilines is 1. The first kappa shape index (κ1) is 21.5. The van der Waals surface area contributed by atoms with Crippen LogP contribution in [0.5, 0.6) is 5.75 Å². The molecule has 0 atom stereocenters. The summed E-state index contributed by atoms with van der Waals surface area (Å²) in [7, 11) is 1.53. The molecule has 0 aliphatic rings. The minimum Gasteiger partial charge on any atom is -0.497 e. The standard InChI is InChI=1S/C20H17ClN2O6S/c1-10-6-14(15(23(26)27)7-11(10)2)22-17(24)9-29-20(25)19-18(21)13-5-4-12(28-3)8-16(13)30-19/h4-8H,9H2,1-3H3,(H,22,24). The van der Waals surface area contributed by atoms with E-state index in [1.54, 1.807) is 32.0 Å². The number of hydrogen-bond acceptors (Lipinski definition) is 7. The number of esters is 1. The van der Waals surface area contributed by atoms with Crippen LogP contribution in [0.1, 0.15) is 20.8 Å². The molecule has 0 saturated carbocycles. The number of nitrogens with one attached hydrogen (secondary N) is 1. The smallest absolute Gasteiger partial charge is 0.350 e. The number of nitro groups is 1. The maximum atomic E-state index is 12.4. The molecule has 1 aromatic heterocycles. The van der Waals surface area contributed by atoms with Gasteiger partial charge in [0.15, 0.2) is 6.61 Å². The van der Waals surface area contributed by atoms with Crippen molar-refractivity contribution < 1.29 is 24.0 Å². The van der Waals surface area contributed by atoms with Crippen molar-refractivity contribution in [1.82, 2.24) is 0 Å². The highest BCUT2D eigenvalue weighted by Gasteiger charge is 2.21. The largest absolute Gasteiger partial charge is 0.497 e. The molecule has 0 fully saturated rings. The number of halogens is 1. The van der Waals surface area contributed by atoms with Crippen LogP contribution in [0.3, 0.4) is 0 Å². The van der Waals surface area contributed by atoms with Crippen LogP contribution >= 0.6 is 22.9 Å². The van der Waals surface area contributed by atoms with E-state index in [1.165, 1.54) is 19.2 Å². The Morgan fingerprint density at radius 1 is 1.20 bits per heavy atom. The summed E-state index contributed by atoms with van der Waals surface area (Å²) in [6, 6.07) is 8.08. The summed E-state index contributed by atoms with van der Waals surface area (Å²) in [5.41, 5.74) is 1.30. The van der Waals surface area contributed by atoms with Gasteiger partial charge >= 0.3 is 5.97 Å². The van der Waals surface area contributed by atoms with Crippen LogP contribution in [0.15, 0.2) is 30.3 Å². The van der Waals surface area contributed by atoms with Crippen LogP contribution < -0.4 is 10.1 Å². The first-order valence-electron chi connectivity index (χ1n) is 8.70. The van der Waals surface area contributed by atoms with E-state index in [1.807, 2.05) is 0 Å². The average molecular weight is 449 g/mol. The fraction of sp³-hybridized carbons (Fsp3) is 0.200. The topological polar surface area (TPSA) is 108 Å². The quantitative estimate of drug-likeness (QED) is 0.327. The van der Waals surface area contributed by atoms with Gasteiger partial charge in [0, 0.05) is 16.2 Å². The summed E-state index contributed by atoms with van der Waals surface area (Å²) in [4.78, 5) is 35.4. The molecule has 1 amide bonds. The second-order valence-electron chi connectivity index (χ2n) is 6.44. The Hall–Kier alpha value is -3.17. The number of nitrogens with zero attached hydrogens (tertiary/aromatic N) is 1. The van der Waals surface area contributed by atoms with E-state index < -0.39 is 23.4 Å². The average Bonchev–Trinajstić information content (AvgIpc) is 3.04. The summed E-state index contributed by atoms with van der Waals surface area (Å²) in [5.74, 6) is -0.840. The zero-order valence-electron chi connectivity index (χ0n) is 16.3. The molecule has 0 aliphatic carbocycles. The van der Waals surface area contributed by atoms with E-state index >= 15 is 0 Å². The molecule has 3 aromatic rings. The summed E-state index contributed by atoms with van der Waals surface area (Å²) in [6.07, 6.45) is 0. The summed E-state index contributed by atoms with van der Waals surface area (Å²) in [5, 5.41) is 14.6. The number of amides is 1. The molecule has 10 heteroatoms. The number of carbonyl (C=O) groups is 2. The molecule has 30 heavy (non-hydrogen) atoms. The molecule has 1 N–H and O–H groups in total. The number of thiophene rings is 1. The van der Waals surface area contributed by atoms with Gasteiger partial charge in [-0.25, -0.2) is 4.79 Å². The molecule has 0 radical (unpaired) electrons. The molecule has 0 bridgehead atoms. The van der Waals surface area contributed by atoms with Gasteiger partial charge in [0.2, 0.25) is 0 Å². The fourth-order valence-corrected chi connectivity index (χ4v) is 4.17. The highest BCUT2D eigenvalue weighted by atomic mass is 35.5. The molecule has 0 spiro atoms. The number of benzene rings is 2. The summed E-state index contributed by atoms with van der Waals surface area (Å²) >= 11 is 7.39. The first-order chi connectivity index (χ1) is 14.2. The third-order valence-electron chi connectivity index (χ3n) is 4.44. The molecule has 0 saturated heterocycles. The van der Waals surface area contributed by atoms with Crippen molar-refractivity contribution in [2.24, 2.45) is 0 Å². The maximum absolute atomic E-state index is 12.4. The molecule has 3 rings (SSSR count). The SMILES string of the molecule is COc1ccc2c(Cl)c(C(=O)OCC(=O)Nc3cc(C)c(C)cc3[N+](=O)[O-])sc2c1. The van der Waals surface area contributed by atoms with Gasteiger partial charge in [-0.1, -0.05) is 11.6 Å². The van der Waals surface area contributed by atoms with Crippen LogP contribution in [-0.4, -0.2) is 30.5 Å². The molecule has 0 aliphatic heterocycles. The van der Waals surface area contributed by atoms with E-state index in [0.717, 1.165) is 27.2 Å². The minimum atomic E-state index is -0.759. The van der Waals surface area contributed by atoms with Crippen molar-refractivity contribution in [1.29, 1.82) is 0 Å². The lowest BCUT2D eigenvalue weighted by molar-refractivity contribution is -0.384. The molecule has 0 unspecified atom stereocenters. The summed E-state index contributed by atoms with van der Waals surface area (Å²) in [6.45, 7) is 2.89. The molecule has 156 valence electrons. The lowest BCUT2D eigenvalue weighted by atomic mass is 10.1. The van der Waals surface area contributed by atoms with Crippen molar-refractivity contribution in [3.8, 4) is 5.75 Å². The third-order valence-corrected chi connectivity index (χ3v) is 6.08. The predicted molar refractivity (Wildman–Crippen MR) is 115 cm³/mol. The van der Waals surface area contributed by atoms with Gasteiger partial charge in [0.1, 0.15) is 16.3 Å². The Balaban J connectivity index is 1.72. The number of hydrogen-bond donors (Lipinski definition) is 1. The van der Waals surface area contributed by atoms with Crippen LogP contribution in [0, 0.1) is 24.0 Å². The summed E-state index contributed by atoms with van der Waals surface area (Å²) < 4.78 is 11.0. The van der Waals surface area contributed by atoms with E-state index in [-0.39, 0.29) is 21.3 Å². The number of nitro benzene ring substituents is 1. The monoisotopic (exact) mass is 448 g/mol. The van der Waals surface area contributed by atoms with Crippen LogP contribution in [0.2, 0.25) is 5.02 Å². The van der Waals surface area contributed by atoms with Crippen molar-refractivity contribution in [2.75, 3.05) is 19.0 Å². The minimum absolute atomic E-state index is 0.0381. The normalized spacial score (nSPS) is 10.7. The highest BCUT2D eigenvalue weighted by molar-refractivity contribution is 7.21. The van der Waals surface area contributed by atoms with Gasteiger partial charge in [0.25, 0.3) is 11.6 Å². The van der Waals surface area contributed by atoms with Gasteiger partial charge in [0.05, 0.1) is 17.1 Å². The zero-order chi connectivity index (χ0) is 22.0. The van der Waals surface area contributed by atoms with E-state index in [9.17, 15) is 19.7 Å². The van der Waals surface area contributed by atoms with Crippen molar-refractivity contribution in [3.63, 3.8) is 0 Å². The predicted octanol–water partition coefficient (Wildman–Crippen LogP) is 4.88. The lowest BCUT2D eigenvalue weighted by Gasteiger charge is -2.09. The molecule has 8 nitrogen and oxygen atoms in total. The van der Waals surface area contributed by atoms with E-state index in [0.29, 0.717) is 11.1 Å². The Bertz CT molecular complexity index is 1170. The van der Waals surface area contributed by atoms with Crippen molar-refractivity contribution in [2.45, 2.75) is 13.8 Å². The molecule has 2 aromatic carbocycles. The first-order valence-corrected chi connectivity index (χ1v) is 9.89. The van der Waals surface area contributed by atoms with Gasteiger partial charge in [-0.3, -0.25) is 14.9 Å². The van der Waals surface area contributed by atoms with Gasteiger partial charge in [-0.2, -0.15) is 0 Å². The fourth-order valence-electron chi connectivity index (χ4n) is 2.74. The lowest BCUT2D eigenvalue weighted by Crippen LogP contribution is -2.21. The van der Waals surface area contributed by atoms with Crippen LogP contribution in [-0.2, 0) is 9.53 Å². The molecular formula is C20H17ClN2O6S. The number of fused-ring (bicyclic) bond motifs is 1. The third kappa shape index (κ3) is 4.37. The van der Waals surface area contributed by atoms with Crippen molar-refractivity contribution in [3.05, 3.63) is 61.5 Å². The molecular weight excluding hydrogens is 432 g/mol. The highest BCUT2D eigenvalue weighted by Crippen LogP contribution is 2.37. The zero-order valence-corrected chi connectivity index (χ0v) is 17.8. The Morgan fingerprint density at radius 2 is 1.90 bits per heavy atom. The Kier molecular flexibility index (Phi) is 6.23. The van der Waals surface area contributed by atoms with Crippen molar-refractivity contribution >= 4 is 56.3 Å². The Morgan fingerprint density at radius 3 is 2.57 bits per heavy atom.